The molecular formula is C12H12S. The summed E-state index contributed by atoms with van der Waals surface area (Å²) in [6.45, 7) is 4.35. The second-order valence-corrected chi connectivity index (χ2v) is 4.30. The highest BCUT2D eigenvalue weighted by molar-refractivity contribution is 7.10. The van der Waals surface area contributed by atoms with Gasteiger partial charge in [-0.3, -0.25) is 0 Å². The van der Waals surface area contributed by atoms with E-state index in [-0.39, 0.29) is 0 Å². The average molecular weight is 188 g/mol. The highest BCUT2D eigenvalue weighted by Gasteiger charge is 2.05. The zero-order valence-corrected chi connectivity index (χ0v) is 8.69. The maximum absolute atomic E-state index is 2.22. The first kappa shape index (κ1) is 8.52. The second-order valence-electron chi connectivity index (χ2n) is 3.22. The van der Waals surface area contributed by atoms with Crippen molar-refractivity contribution in [2.45, 2.75) is 13.8 Å². The van der Waals surface area contributed by atoms with E-state index in [2.05, 4.69) is 49.6 Å². The second kappa shape index (κ2) is 3.35. The van der Waals surface area contributed by atoms with Gasteiger partial charge in [-0.05, 0) is 35.9 Å². The highest BCUT2D eigenvalue weighted by Crippen LogP contribution is 2.31. The van der Waals surface area contributed by atoms with Crippen LogP contribution in [0.3, 0.4) is 0 Å². The molecule has 0 aliphatic carbocycles. The first-order valence-electron chi connectivity index (χ1n) is 4.39. The standard InChI is InChI=1S/C12H12S/c1-9-8-13-10(2)12(9)11-6-4-3-5-7-11/h3-8H,1-2H3. The fourth-order valence-corrected chi connectivity index (χ4v) is 2.48. The van der Waals surface area contributed by atoms with Crippen molar-refractivity contribution in [3.8, 4) is 11.1 Å². The van der Waals surface area contributed by atoms with Gasteiger partial charge in [0.25, 0.3) is 0 Å². The Balaban J connectivity index is 2.59. The summed E-state index contributed by atoms with van der Waals surface area (Å²) >= 11 is 1.83. The third-order valence-electron chi connectivity index (χ3n) is 2.22. The van der Waals surface area contributed by atoms with E-state index in [1.807, 2.05) is 11.3 Å². The lowest BCUT2D eigenvalue weighted by atomic mass is 10.0. The molecular weight excluding hydrogens is 176 g/mol. The third-order valence-corrected chi connectivity index (χ3v) is 3.25. The van der Waals surface area contributed by atoms with Crippen LogP contribution in [0.2, 0.25) is 0 Å². The molecule has 0 fully saturated rings. The molecule has 0 spiro atoms. The molecule has 13 heavy (non-hydrogen) atoms. The van der Waals surface area contributed by atoms with Crippen LogP contribution in [0.5, 0.6) is 0 Å². The van der Waals surface area contributed by atoms with Crippen LogP contribution in [0.1, 0.15) is 10.4 Å². The summed E-state index contributed by atoms with van der Waals surface area (Å²) < 4.78 is 0. The Kier molecular flexibility index (Phi) is 2.19. The number of aryl methyl sites for hydroxylation is 2. The maximum atomic E-state index is 2.22. The van der Waals surface area contributed by atoms with Crippen LogP contribution in [0.4, 0.5) is 0 Å². The van der Waals surface area contributed by atoms with E-state index in [9.17, 15) is 0 Å². The molecule has 1 heteroatoms. The van der Waals surface area contributed by atoms with Gasteiger partial charge >= 0.3 is 0 Å². The van der Waals surface area contributed by atoms with Crippen LogP contribution in [-0.4, -0.2) is 0 Å². The Bertz CT molecular complexity index is 379. The zero-order chi connectivity index (χ0) is 9.26. The van der Waals surface area contributed by atoms with Gasteiger partial charge < -0.3 is 0 Å². The summed E-state index contributed by atoms with van der Waals surface area (Å²) in [5.74, 6) is 0. The van der Waals surface area contributed by atoms with E-state index in [1.54, 1.807) is 0 Å². The molecule has 0 aliphatic heterocycles. The Morgan fingerprint density at radius 1 is 1.00 bits per heavy atom. The lowest BCUT2D eigenvalue weighted by Gasteiger charge is -2.01. The summed E-state index contributed by atoms with van der Waals surface area (Å²) in [7, 11) is 0. The number of hydrogen-bond acceptors (Lipinski definition) is 1. The SMILES string of the molecule is Cc1csc(C)c1-c1ccccc1. The van der Waals surface area contributed by atoms with Gasteiger partial charge in [0.2, 0.25) is 0 Å². The summed E-state index contributed by atoms with van der Waals surface area (Å²) in [6.07, 6.45) is 0. The predicted molar refractivity (Wildman–Crippen MR) is 59.2 cm³/mol. The molecule has 0 bridgehead atoms. The molecule has 0 atom stereocenters. The van der Waals surface area contributed by atoms with Crippen LogP contribution in [0, 0.1) is 13.8 Å². The van der Waals surface area contributed by atoms with Gasteiger partial charge in [-0.15, -0.1) is 11.3 Å². The molecule has 2 aromatic rings. The lowest BCUT2D eigenvalue weighted by Crippen LogP contribution is -1.78. The van der Waals surface area contributed by atoms with E-state index in [0.29, 0.717) is 0 Å². The maximum Gasteiger partial charge on any atom is 0.00953 e. The van der Waals surface area contributed by atoms with E-state index in [1.165, 1.54) is 21.6 Å². The quantitative estimate of drug-likeness (QED) is 0.633. The van der Waals surface area contributed by atoms with Gasteiger partial charge in [-0.1, -0.05) is 30.3 Å². The van der Waals surface area contributed by atoms with E-state index in [0.717, 1.165) is 0 Å². The summed E-state index contributed by atoms with van der Waals surface area (Å²) in [5.41, 5.74) is 4.12. The third kappa shape index (κ3) is 1.52. The van der Waals surface area contributed by atoms with Crippen molar-refractivity contribution >= 4 is 11.3 Å². The predicted octanol–water partition coefficient (Wildman–Crippen LogP) is 4.03. The number of benzene rings is 1. The van der Waals surface area contributed by atoms with Gasteiger partial charge in [0.15, 0.2) is 0 Å². The van der Waals surface area contributed by atoms with Crippen molar-refractivity contribution in [1.82, 2.24) is 0 Å². The van der Waals surface area contributed by atoms with Crippen LogP contribution in [0.15, 0.2) is 35.7 Å². The summed E-state index contributed by atoms with van der Waals surface area (Å²) in [6, 6.07) is 10.6. The summed E-state index contributed by atoms with van der Waals surface area (Å²) in [5, 5.41) is 2.22. The molecule has 0 radical (unpaired) electrons. The first-order chi connectivity index (χ1) is 6.29. The van der Waals surface area contributed by atoms with Crippen LogP contribution in [0.25, 0.3) is 11.1 Å². The molecule has 1 aromatic carbocycles. The van der Waals surface area contributed by atoms with Gasteiger partial charge in [0.05, 0.1) is 0 Å². The fourth-order valence-electron chi connectivity index (χ4n) is 1.61. The van der Waals surface area contributed by atoms with Gasteiger partial charge in [0.1, 0.15) is 0 Å². The monoisotopic (exact) mass is 188 g/mol. The largest absolute Gasteiger partial charge is 0.148 e. The highest BCUT2D eigenvalue weighted by atomic mass is 32.1. The van der Waals surface area contributed by atoms with Gasteiger partial charge in [0, 0.05) is 4.88 Å². The molecule has 0 aliphatic rings. The number of rotatable bonds is 1. The molecule has 1 heterocycles. The van der Waals surface area contributed by atoms with Crippen molar-refractivity contribution in [3.05, 3.63) is 46.2 Å². The Morgan fingerprint density at radius 2 is 1.69 bits per heavy atom. The van der Waals surface area contributed by atoms with Crippen molar-refractivity contribution in [1.29, 1.82) is 0 Å². The first-order valence-corrected chi connectivity index (χ1v) is 5.27. The molecule has 0 unspecified atom stereocenters. The number of hydrogen-bond donors (Lipinski definition) is 0. The van der Waals surface area contributed by atoms with Gasteiger partial charge in [-0.25, -0.2) is 0 Å². The van der Waals surface area contributed by atoms with Crippen LogP contribution < -0.4 is 0 Å². The van der Waals surface area contributed by atoms with E-state index in [4.69, 9.17) is 0 Å². The van der Waals surface area contributed by atoms with Crippen LogP contribution in [-0.2, 0) is 0 Å². The Morgan fingerprint density at radius 3 is 2.23 bits per heavy atom. The molecule has 1 aromatic heterocycles. The lowest BCUT2D eigenvalue weighted by molar-refractivity contribution is 1.48. The van der Waals surface area contributed by atoms with E-state index >= 15 is 0 Å². The van der Waals surface area contributed by atoms with Crippen molar-refractivity contribution < 1.29 is 0 Å². The minimum absolute atomic E-state index is 1.33. The summed E-state index contributed by atoms with van der Waals surface area (Å²) in [4.78, 5) is 1.41. The van der Waals surface area contributed by atoms with Crippen molar-refractivity contribution in [3.63, 3.8) is 0 Å². The van der Waals surface area contributed by atoms with Crippen molar-refractivity contribution in [2.24, 2.45) is 0 Å². The Hall–Kier alpha value is -1.08. The number of thiophene rings is 1. The Labute approximate surface area is 82.9 Å². The average Bonchev–Trinajstić information content (AvgIpc) is 2.48. The molecule has 66 valence electrons. The molecule has 0 saturated heterocycles. The van der Waals surface area contributed by atoms with Crippen molar-refractivity contribution in [2.75, 3.05) is 0 Å². The molecule has 0 amide bonds. The fraction of sp³-hybridized carbons (Fsp3) is 0.167. The molecule has 2 rings (SSSR count). The minimum Gasteiger partial charge on any atom is -0.148 e. The molecule has 0 saturated carbocycles. The zero-order valence-electron chi connectivity index (χ0n) is 7.87. The minimum atomic E-state index is 1.33. The van der Waals surface area contributed by atoms with Gasteiger partial charge in [-0.2, -0.15) is 0 Å². The molecule has 0 nitrogen and oxygen atoms in total. The topological polar surface area (TPSA) is 0 Å². The molecule has 0 N–H and O–H groups in total. The smallest absolute Gasteiger partial charge is 0.00953 e. The van der Waals surface area contributed by atoms with Crippen LogP contribution >= 0.6 is 11.3 Å². The van der Waals surface area contributed by atoms with E-state index < -0.39 is 0 Å². The normalized spacial score (nSPS) is 10.3.